The molecule has 1 amide bonds. The topological polar surface area (TPSA) is 81.7 Å². The van der Waals surface area contributed by atoms with Gasteiger partial charge in [-0.25, -0.2) is 4.98 Å². The maximum absolute atomic E-state index is 12.1. The maximum Gasteiger partial charge on any atom is 0.264 e. The van der Waals surface area contributed by atoms with Crippen molar-refractivity contribution in [2.45, 2.75) is 6.92 Å². The van der Waals surface area contributed by atoms with Crippen LogP contribution in [0.25, 0.3) is 11.3 Å². The number of amides is 1. The Morgan fingerprint density at radius 3 is 2.65 bits per heavy atom. The third-order valence-corrected chi connectivity index (χ3v) is 5.54. The van der Waals surface area contributed by atoms with E-state index in [1.165, 1.54) is 11.3 Å². The first-order chi connectivity index (χ1) is 14.9. The predicted molar refractivity (Wildman–Crippen MR) is 127 cm³/mol. The average Bonchev–Trinajstić information content (AvgIpc) is 3.22. The molecule has 3 rings (SSSR count). The molecule has 7 nitrogen and oxygen atoms in total. The molecule has 0 saturated heterocycles. The number of halogens is 1. The fraction of sp³-hybridized carbons (Fsp3) is 0.190. The Balaban J connectivity index is 1.54. The first-order valence-corrected chi connectivity index (χ1v) is 10.7. The summed E-state index contributed by atoms with van der Waals surface area (Å²) in [6.45, 7) is 1.68. The number of anilines is 1. The highest BCUT2D eigenvalue weighted by Crippen LogP contribution is 2.33. The summed E-state index contributed by atoms with van der Waals surface area (Å²) in [6, 6.07) is 10.7. The summed E-state index contributed by atoms with van der Waals surface area (Å²) >= 11 is 12.5. The second-order valence-electron chi connectivity index (χ2n) is 6.31. The van der Waals surface area contributed by atoms with Crippen molar-refractivity contribution >= 4 is 51.3 Å². The largest absolute Gasteiger partial charge is 0.493 e. The Morgan fingerprint density at radius 2 is 1.94 bits per heavy atom. The fourth-order valence-electron chi connectivity index (χ4n) is 2.61. The SMILES string of the molecule is COc1ccc(-c2csc(NC(=S)NC(=O)COc3ccc(Cl)c(C)c3)n2)cc1OC. The van der Waals surface area contributed by atoms with E-state index in [-0.39, 0.29) is 17.6 Å². The van der Waals surface area contributed by atoms with Gasteiger partial charge in [0, 0.05) is 16.0 Å². The molecular weight excluding hydrogens is 458 g/mol. The molecule has 1 aromatic heterocycles. The summed E-state index contributed by atoms with van der Waals surface area (Å²) in [5.74, 6) is 1.41. The molecule has 3 aromatic rings. The zero-order valence-corrected chi connectivity index (χ0v) is 19.4. The second kappa shape index (κ2) is 10.4. The standard InChI is InChI=1S/C21H20ClN3O4S2/c1-12-8-14(5-6-15(12)22)29-10-19(26)24-20(30)25-21-23-16(11-31-21)13-4-7-17(27-2)18(9-13)28-3/h4-9,11H,10H2,1-3H3,(H2,23,24,25,26,30). The molecule has 2 N–H and O–H groups in total. The van der Waals surface area contributed by atoms with Crippen LogP contribution < -0.4 is 24.8 Å². The number of carbonyl (C=O) groups excluding carboxylic acids is 1. The van der Waals surface area contributed by atoms with Crippen LogP contribution in [0.1, 0.15) is 5.56 Å². The third kappa shape index (κ3) is 6.06. The smallest absolute Gasteiger partial charge is 0.264 e. The average molecular weight is 478 g/mol. The number of thiazole rings is 1. The van der Waals surface area contributed by atoms with Gasteiger partial charge in [0.2, 0.25) is 0 Å². The van der Waals surface area contributed by atoms with Crippen LogP contribution in [-0.2, 0) is 4.79 Å². The third-order valence-electron chi connectivity index (χ3n) is 4.16. The summed E-state index contributed by atoms with van der Waals surface area (Å²) in [7, 11) is 3.16. The van der Waals surface area contributed by atoms with Gasteiger partial charge in [0.25, 0.3) is 5.91 Å². The molecule has 2 aromatic carbocycles. The lowest BCUT2D eigenvalue weighted by Gasteiger charge is -2.10. The van der Waals surface area contributed by atoms with E-state index in [4.69, 9.17) is 38.0 Å². The Labute approximate surface area is 194 Å². The van der Waals surface area contributed by atoms with Gasteiger partial charge in [-0.05, 0) is 61.1 Å². The molecular formula is C21H20ClN3O4S2. The van der Waals surface area contributed by atoms with Gasteiger partial charge < -0.3 is 19.5 Å². The van der Waals surface area contributed by atoms with Crippen molar-refractivity contribution in [2.24, 2.45) is 0 Å². The molecule has 0 aliphatic carbocycles. The van der Waals surface area contributed by atoms with Crippen molar-refractivity contribution in [3.8, 4) is 28.5 Å². The number of benzene rings is 2. The Bertz CT molecular complexity index is 1100. The van der Waals surface area contributed by atoms with Crippen LogP contribution >= 0.6 is 35.2 Å². The van der Waals surface area contributed by atoms with Crippen LogP contribution in [0, 0.1) is 6.92 Å². The minimum absolute atomic E-state index is 0.133. The molecule has 0 saturated carbocycles. The van der Waals surface area contributed by atoms with Crippen LogP contribution in [-0.4, -0.2) is 36.8 Å². The van der Waals surface area contributed by atoms with Crippen LogP contribution in [0.3, 0.4) is 0 Å². The minimum Gasteiger partial charge on any atom is -0.493 e. The number of carbonyl (C=O) groups is 1. The summed E-state index contributed by atoms with van der Waals surface area (Å²) < 4.78 is 16.0. The second-order valence-corrected chi connectivity index (χ2v) is 7.98. The van der Waals surface area contributed by atoms with Crippen molar-refractivity contribution in [3.63, 3.8) is 0 Å². The summed E-state index contributed by atoms with van der Waals surface area (Å²) in [5, 5.41) is 8.67. The molecule has 0 radical (unpaired) electrons. The summed E-state index contributed by atoms with van der Waals surface area (Å²) in [4.78, 5) is 16.6. The zero-order chi connectivity index (χ0) is 22.4. The number of hydrogen-bond donors (Lipinski definition) is 2. The van der Waals surface area contributed by atoms with E-state index in [2.05, 4.69) is 15.6 Å². The number of aryl methyl sites for hydroxylation is 1. The quantitative estimate of drug-likeness (QED) is 0.478. The number of methoxy groups -OCH3 is 2. The number of rotatable bonds is 7. The highest BCUT2D eigenvalue weighted by molar-refractivity contribution is 7.80. The molecule has 0 aliphatic rings. The van der Waals surface area contributed by atoms with E-state index in [1.807, 2.05) is 30.5 Å². The van der Waals surface area contributed by atoms with Crippen molar-refractivity contribution < 1.29 is 19.0 Å². The minimum atomic E-state index is -0.387. The normalized spacial score (nSPS) is 10.3. The van der Waals surface area contributed by atoms with E-state index >= 15 is 0 Å². The number of nitrogens with zero attached hydrogens (tertiary/aromatic N) is 1. The lowest BCUT2D eigenvalue weighted by atomic mass is 10.1. The zero-order valence-electron chi connectivity index (χ0n) is 17.0. The van der Waals surface area contributed by atoms with Gasteiger partial charge in [0.05, 0.1) is 19.9 Å². The number of hydrogen-bond acceptors (Lipinski definition) is 7. The van der Waals surface area contributed by atoms with Gasteiger partial charge in [0.1, 0.15) is 5.75 Å². The number of nitrogens with one attached hydrogen (secondary N) is 2. The van der Waals surface area contributed by atoms with Gasteiger partial charge in [-0.1, -0.05) is 11.6 Å². The molecule has 0 spiro atoms. The molecule has 31 heavy (non-hydrogen) atoms. The van der Waals surface area contributed by atoms with Crippen LogP contribution in [0.2, 0.25) is 5.02 Å². The molecule has 0 bridgehead atoms. The highest BCUT2D eigenvalue weighted by atomic mass is 35.5. The highest BCUT2D eigenvalue weighted by Gasteiger charge is 2.12. The molecule has 0 atom stereocenters. The lowest BCUT2D eigenvalue weighted by Crippen LogP contribution is -2.37. The van der Waals surface area contributed by atoms with Crippen molar-refractivity contribution in [1.29, 1.82) is 0 Å². The predicted octanol–water partition coefficient (Wildman–Crippen LogP) is 4.68. The fourth-order valence-corrected chi connectivity index (χ4v) is 3.72. The van der Waals surface area contributed by atoms with E-state index in [0.29, 0.717) is 27.4 Å². The van der Waals surface area contributed by atoms with Crippen LogP contribution in [0.15, 0.2) is 41.8 Å². The molecule has 0 unspecified atom stereocenters. The van der Waals surface area contributed by atoms with Crippen molar-refractivity contribution in [1.82, 2.24) is 10.3 Å². The number of aromatic nitrogens is 1. The van der Waals surface area contributed by atoms with E-state index in [9.17, 15) is 4.79 Å². The maximum atomic E-state index is 12.1. The Kier molecular flexibility index (Phi) is 7.67. The summed E-state index contributed by atoms with van der Waals surface area (Å²) in [5.41, 5.74) is 2.47. The Morgan fingerprint density at radius 1 is 1.16 bits per heavy atom. The van der Waals surface area contributed by atoms with Crippen molar-refractivity contribution in [2.75, 3.05) is 26.1 Å². The van der Waals surface area contributed by atoms with Crippen LogP contribution in [0.4, 0.5) is 5.13 Å². The number of thiocarbonyl (C=S) groups is 1. The molecule has 1 heterocycles. The van der Waals surface area contributed by atoms with Gasteiger partial charge in [-0.15, -0.1) is 11.3 Å². The van der Waals surface area contributed by atoms with E-state index in [1.54, 1.807) is 32.4 Å². The van der Waals surface area contributed by atoms with Gasteiger partial charge >= 0.3 is 0 Å². The number of ether oxygens (including phenoxy) is 3. The van der Waals surface area contributed by atoms with Crippen LogP contribution in [0.5, 0.6) is 17.2 Å². The van der Waals surface area contributed by atoms with E-state index < -0.39 is 0 Å². The first-order valence-electron chi connectivity index (χ1n) is 9.07. The molecule has 162 valence electrons. The summed E-state index contributed by atoms with van der Waals surface area (Å²) in [6.07, 6.45) is 0. The lowest BCUT2D eigenvalue weighted by molar-refractivity contribution is -0.121. The first kappa shape index (κ1) is 22.8. The van der Waals surface area contributed by atoms with Gasteiger partial charge in [-0.2, -0.15) is 0 Å². The molecule has 10 heteroatoms. The molecule has 0 aliphatic heterocycles. The monoisotopic (exact) mass is 477 g/mol. The van der Waals surface area contributed by atoms with Gasteiger partial charge in [0.15, 0.2) is 28.3 Å². The Hall–Kier alpha value is -2.88. The molecule has 0 fully saturated rings. The van der Waals surface area contributed by atoms with Gasteiger partial charge in [-0.3, -0.25) is 10.1 Å². The van der Waals surface area contributed by atoms with E-state index in [0.717, 1.165) is 16.8 Å². The van der Waals surface area contributed by atoms with Crippen molar-refractivity contribution in [3.05, 3.63) is 52.4 Å².